The molecule has 0 bridgehead atoms. The second kappa shape index (κ2) is 8.95. The molecule has 152 valence electrons. The van der Waals surface area contributed by atoms with E-state index in [4.69, 9.17) is 4.74 Å². The molecule has 1 heterocycles. The lowest BCUT2D eigenvalue weighted by molar-refractivity contribution is -0.153. The van der Waals surface area contributed by atoms with Gasteiger partial charge in [-0.15, -0.1) is 0 Å². The van der Waals surface area contributed by atoms with Crippen LogP contribution in [0.5, 0.6) is 5.75 Å². The Morgan fingerprint density at radius 3 is 2.30 bits per heavy atom. The summed E-state index contributed by atoms with van der Waals surface area (Å²) in [6, 6.07) is 3.64. The van der Waals surface area contributed by atoms with Gasteiger partial charge in [-0.25, -0.2) is 0 Å². The summed E-state index contributed by atoms with van der Waals surface area (Å²) in [5.41, 5.74) is 2.28. The molecule has 1 aromatic rings. The summed E-state index contributed by atoms with van der Waals surface area (Å²) < 4.78 is 42.1. The van der Waals surface area contributed by atoms with Crippen LogP contribution in [-0.2, 0) is 11.3 Å². The van der Waals surface area contributed by atoms with Crippen LogP contribution in [0.2, 0.25) is 0 Å². The minimum atomic E-state index is -4.36. The van der Waals surface area contributed by atoms with Crippen LogP contribution in [0.3, 0.4) is 0 Å². The molecule has 27 heavy (non-hydrogen) atoms. The number of hydrogen-bond donors (Lipinski definition) is 0. The Bertz CT molecular complexity index is 630. The summed E-state index contributed by atoms with van der Waals surface area (Å²) in [5.74, 6) is 1.08. The molecular weight excluding hydrogens is 357 g/mol. The van der Waals surface area contributed by atoms with Gasteiger partial charge in [-0.3, -0.25) is 9.69 Å². The lowest BCUT2D eigenvalue weighted by atomic mass is 9.99. The maximum Gasteiger partial charge on any atom is 0.422 e. The van der Waals surface area contributed by atoms with E-state index in [9.17, 15) is 18.0 Å². The van der Waals surface area contributed by atoms with E-state index < -0.39 is 12.8 Å². The van der Waals surface area contributed by atoms with Gasteiger partial charge in [-0.2, -0.15) is 13.2 Å². The predicted molar refractivity (Wildman–Crippen MR) is 98.8 cm³/mol. The van der Waals surface area contributed by atoms with Crippen LogP contribution in [0, 0.1) is 19.8 Å². The van der Waals surface area contributed by atoms with Gasteiger partial charge in [-0.05, 0) is 56.3 Å². The second-order valence-corrected chi connectivity index (χ2v) is 7.70. The highest BCUT2D eigenvalue weighted by Crippen LogP contribution is 2.27. The van der Waals surface area contributed by atoms with Crippen LogP contribution in [-0.4, -0.2) is 55.2 Å². The first-order chi connectivity index (χ1) is 12.5. The molecule has 0 radical (unpaired) electrons. The fraction of sp³-hybridized carbons (Fsp3) is 0.650. The van der Waals surface area contributed by atoms with Gasteiger partial charge in [0, 0.05) is 19.6 Å². The summed E-state index contributed by atoms with van der Waals surface area (Å²) in [6.45, 7) is 6.91. The minimum absolute atomic E-state index is 0.128. The third-order valence-electron chi connectivity index (χ3n) is 4.89. The molecule has 0 atom stereocenters. The van der Waals surface area contributed by atoms with Crippen molar-refractivity contribution in [3.63, 3.8) is 0 Å². The largest absolute Gasteiger partial charge is 0.484 e. The van der Waals surface area contributed by atoms with E-state index in [1.807, 2.05) is 29.0 Å². The van der Waals surface area contributed by atoms with Crippen molar-refractivity contribution in [2.45, 2.75) is 46.3 Å². The number of benzene rings is 1. The zero-order valence-corrected chi connectivity index (χ0v) is 16.5. The van der Waals surface area contributed by atoms with Gasteiger partial charge in [0.2, 0.25) is 5.91 Å². The number of halogens is 3. The summed E-state index contributed by atoms with van der Waals surface area (Å²) in [7, 11) is 1.88. The molecule has 0 aliphatic carbocycles. The molecule has 0 saturated carbocycles. The molecule has 1 aliphatic heterocycles. The summed E-state index contributed by atoms with van der Waals surface area (Å²) in [5, 5.41) is 0. The van der Waals surface area contributed by atoms with Crippen molar-refractivity contribution in [2.75, 3.05) is 33.3 Å². The number of alkyl halides is 3. The number of hydrogen-bond acceptors (Lipinski definition) is 3. The van der Waals surface area contributed by atoms with Crippen LogP contribution >= 0.6 is 0 Å². The van der Waals surface area contributed by atoms with Crippen molar-refractivity contribution in [1.82, 2.24) is 9.80 Å². The van der Waals surface area contributed by atoms with Crippen molar-refractivity contribution in [3.8, 4) is 5.75 Å². The Morgan fingerprint density at radius 1 is 1.22 bits per heavy atom. The van der Waals surface area contributed by atoms with Gasteiger partial charge in [0.05, 0.1) is 6.54 Å². The van der Waals surface area contributed by atoms with Gasteiger partial charge in [0.1, 0.15) is 5.75 Å². The number of carbonyl (C=O) groups excluding carboxylic acids is 1. The first kappa shape index (κ1) is 21.5. The number of carbonyl (C=O) groups is 1. The molecule has 1 amide bonds. The number of likely N-dealkylation sites (N-methyl/N-ethyl adjacent to an activating group) is 1. The molecule has 0 N–H and O–H groups in total. The Kier molecular flexibility index (Phi) is 7.14. The minimum Gasteiger partial charge on any atom is -0.484 e. The van der Waals surface area contributed by atoms with Gasteiger partial charge in [-0.1, -0.05) is 19.1 Å². The monoisotopic (exact) mass is 386 g/mol. The molecule has 2 rings (SSSR count). The predicted octanol–water partition coefficient (Wildman–Crippen LogP) is 3.93. The number of nitrogens with zero attached hydrogens (tertiary/aromatic N) is 2. The number of piperidine rings is 1. The highest BCUT2D eigenvalue weighted by Gasteiger charge is 2.29. The van der Waals surface area contributed by atoms with Crippen LogP contribution < -0.4 is 4.74 Å². The van der Waals surface area contributed by atoms with Crippen LogP contribution in [0.4, 0.5) is 13.2 Å². The fourth-order valence-electron chi connectivity index (χ4n) is 3.47. The van der Waals surface area contributed by atoms with Gasteiger partial charge < -0.3 is 9.64 Å². The molecule has 7 heteroatoms. The highest BCUT2D eigenvalue weighted by atomic mass is 19.4. The van der Waals surface area contributed by atoms with E-state index >= 15 is 0 Å². The van der Waals surface area contributed by atoms with E-state index in [0.29, 0.717) is 30.1 Å². The first-order valence-corrected chi connectivity index (χ1v) is 9.31. The summed E-state index contributed by atoms with van der Waals surface area (Å²) in [4.78, 5) is 16.3. The quantitative estimate of drug-likeness (QED) is 0.743. The fourth-order valence-corrected chi connectivity index (χ4v) is 3.47. The van der Waals surface area contributed by atoms with E-state index in [2.05, 4.69) is 6.92 Å². The smallest absolute Gasteiger partial charge is 0.422 e. The van der Waals surface area contributed by atoms with Gasteiger partial charge in [0.25, 0.3) is 0 Å². The van der Waals surface area contributed by atoms with E-state index in [-0.39, 0.29) is 11.7 Å². The molecule has 1 saturated heterocycles. The third kappa shape index (κ3) is 6.72. The Labute approximate surface area is 159 Å². The molecule has 4 nitrogen and oxygen atoms in total. The standard InChI is InChI=1S/C20H29F3N2O2/c1-14-5-7-25(8-6-14)18(26)12-24(4)11-17-9-15(2)19(16(3)10-17)27-13-20(21,22)23/h9-10,14H,5-8,11-13H2,1-4H3. The van der Waals surface area contributed by atoms with Crippen molar-refractivity contribution in [2.24, 2.45) is 5.92 Å². The van der Waals surface area contributed by atoms with Crippen molar-refractivity contribution in [1.29, 1.82) is 0 Å². The maximum atomic E-state index is 12.4. The average molecular weight is 386 g/mol. The molecule has 0 unspecified atom stereocenters. The molecule has 1 aliphatic rings. The number of likely N-dealkylation sites (tertiary alicyclic amines) is 1. The zero-order chi connectivity index (χ0) is 20.2. The SMILES string of the molecule is Cc1cc(CN(C)CC(=O)N2CCC(C)CC2)cc(C)c1OCC(F)(F)F. The van der Waals surface area contributed by atoms with Crippen molar-refractivity contribution in [3.05, 3.63) is 28.8 Å². The third-order valence-corrected chi connectivity index (χ3v) is 4.89. The highest BCUT2D eigenvalue weighted by molar-refractivity contribution is 5.78. The van der Waals surface area contributed by atoms with Crippen LogP contribution in [0.15, 0.2) is 12.1 Å². The molecule has 1 fully saturated rings. The van der Waals surface area contributed by atoms with E-state index in [1.54, 1.807) is 13.8 Å². The lowest BCUT2D eigenvalue weighted by Gasteiger charge is -2.31. The number of amides is 1. The zero-order valence-electron chi connectivity index (χ0n) is 16.5. The second-order valence-electron chi connectivity index (χ2n) is 7.70. The Hall–Kier alpha value is -1.76. The summed E-state index contributed by atoms with van der Waals surface area (Å²) >= 11 is 0. The Balaban J connectivity index is 1.93. The van der Waals surface area contributed by atoms with Crippen molar-refractivity contribution >= 4 is 5.91 Å². The molecule has 0 aromatic heterocycles. The molecule has 1 aromatic carbocycles. The topological polar surface area (TPSA) is 32.8 Å². The van der Waals surface area contributed by atoms with Gasteiger partial charge >= 0.3 is 6.18 Å². The van der Waals surface area contributed by atoms with Gasteiger partial charge in [0.15, 0.2) is 6.61 Å². The summed E-state index contributed by atoms with van der Waals surface area (Å²) in [6.07, 6.45) is -2.26. The van der Waals surface area contributed by atoms with E-state index in [1.165, 1.54) is 0 Å². The van der Waals surface area contributed by atoms with Crippen LogP contribution in [0.1, 0.15) is 36.5 Å². The maximum absolute atomic E-state index is 12.4. The van der Waals surface area contributed by atoms with E-state index in [0.717, 1.165) is 31.5 Å². The number of aryl methyl sites for hydroxylation is 2. The number of rotatable bonds is 6. The van der Waals surface area contributed by atoms with Crippen LogP contribution in [0.25, 0.3) is 0 Å². The number of ether oxygens (including phenoxy) is 1. The lowest BCUT2D eigenvalue weighted by Crippen LogP contribution is -2.42. The Morgan fingerprint density at radius 2 is 1.78 bits per heavy atom. The van der Waals surface area contributed by atoms with Crippen molar-refractivity contribution < 1.29 is 22.7 Å². The first-order valence-electron chi connectivity index (χ1n) is 9.31. The molecule has 0 spiro atoms. The average Bonchev–Trinajstić information content (AvgIpc) is 2.53. The normalized spacial score (nSPS) is 16.1. The molecular formula is C20H29F3N2O2.